The molecule has 0 aliphatic heterocycles. The molecule has 1 aromatic carbocycles. The van der Waals surface area contributed by atoms with Crippen LogP contribution in [0.25, 0.3) is 0 Å². The molecule has 6 nitrogen and oxygen atoms in total. The molecule has 0 bridgehead atoms. The highest BCUT2D eigenvalue weighted by molar-refractivity contribution is 6.09. The quantitative estimate of drug-likeness (QED) is 0.456. The maximum absolute atomic E-state index is 12.2. The Balaban J connectivity index is 1.73. The summed E-state index contributed by atoms with van der Waals surface area (Å²) in [7, 11) is 0. The molecule has 0 spiro atoms. The summed E-state index contributed by atoms with van der Waals surface area (Å²) < 4.78 is 0. The Morgan fingerprint density at radius 3 is 2.20 bits per heavy atom. The van der Waals surface area contributed by atoms with Crippen LogP contribution in [0, 0.1) is 0 Å². The lowest BCUT2D eigenvalue weighted by atomic mass is 10.0. The number of aromatic amines is 1. The third-order valence-corrected chi connectivity index (χ3v) is 3.87. The minimum Gasteiger partial charge on any atom is -0.481 e. The Kier molecular flexibility index (Phi) is 6.95. The lowest BCUT2D eigenvalue weighted by Gasteiger charge is -2.06. The Labute approximate surface area is 146 Å². The van der Waals surface area contributed by atoms with Gasteiger partial charge in [-0.1, -0.05) is 25.0 Å². The van der Waals surface area contributed by atoms with E-state index in [9.17, 15) is 14.4 Å². The minimum absolute atomic E-state index is 0.0884. The Morgan fingerprint density at radius 2 is 1.56 bits per heavy atom. The second kappa shape index (κ2) is 9.42. The van der Waals surface area contributed by atoms with E-state index in [1.54, 1.807) is 42.7 Å². The molecule has 2 rings (SSSR count). The first kappa shape index (κ1) is 18.4. The topological polar surface area (TPSA) is 99.3 Å². The van der Waals surface area contributed by atoms with Crippen molar-refractivity contribution in [3.63, 3.8) is 0 Å². The summed E-state index contributed by atoms with van der Waals surface area (Å²) >= 11 is 0. The molecule has 3 N–H and O–H groups in total. The Hall–Kier alpha value is -2.89. The van der Waals surface area contributed by atoms with Crippen LogP contribution in [0.4, 0.5) is 0 Å². The molecule has 132 valence electrons. The van der Waals surface area contributed by atoms with Gasteiger partial charge >= 0.3 is 5.97 Å². The molecule has 0 atom stereocenters. The number of unbranched alkanes of at least 4 members (excludes halogenated alkanes) is 3. The number of carbonyl (C=O) groups excluding carboxylic acids is 2. The molecule has 1 heterocycles. The fraction of sp³-hybridized carbons (Fsp3) is 0.316. The SMILES string of the molecule is O=C(O)CCCCCCNC(=O)c1ccc(C(=O)c2cc[nH]c2)cc1. The van der Waals surface area contributed by atoms with Gasteiger partial charge in [-0.05, 0) is 31.0 Å². The van der Waals surface area contributed by atoms with Crippen LogP contribution in [-0.4, -0.2) is 34.3 Å². The Morgan fingerprint density at radius 1 is 0.880 bits per heavy atom. The van der Waals surface area contributed by atoms with Gasteiger partial charge in [0.25, 0.3) is 5.91 Å². The van der Waals surface area contributed by atoms with E-state index in [1.807, 2.05) is 0 Å². The predicted octanol–water partition coefficient (Wildman–Crippen LogP) is 3.01. The molecular formula is C19H22N2O4. The molecule has 1 aromatic heterocycles. The van der Waals surface area contributed by atoms with Gasteiger partial charge in [-0.15, -0.1) is 0 Å². The maximum atomic E-state index is 12.2. The molecule has 0 saturated carbocycles. The minimum atomic E-state index is -0.772. The zero-order valence-electron chi connectivity index (χ0n) is 14.0. The van der Waals surface area contributed by atoms with E-state index in [1.165, 1.54) is 0 Å². The maximum Gasteiger partial charge on any atom is 0.303 e. The van der Waals surface area contributed by atoms with Crippen LogP contribution in [0.1, 0.15) is 58.4 Å². The average molecular weight is 342 g/mol. The van der Waals surface area contributed by atoms with Crippen LogP contribution in [0.3, 0.4) is 0 Å². The number of rotatable bonds is 10. The molecule has 0 aliphatic carbocycles. The Bertz CT molecular complexity index is 706. The van der Waals surface area contributed by atoms with Crippen LogP contribution >= 0.6 is 0 Å². The monoisotopic (exact) mass is 342 g/mol. The number of H-pyrrole nitrogens is 1. The summed E-state index contributed by atoms with van der Waals surface area (Å²) in [4.78, 5) is 37.5. The summed E-state index contributed by atoms with van der Waals surface area (Å²) in [6.07, 6.45) is 6.74. The normalized spacial score (nSPS) is 10.4. The molecule has 0 unspecified atom stereocenters. The highest BCUT2D eigenvalue weighted by Gasteiger charge is 2.11. The van der Waals surface area contributed by atoms with Gasteiger partial charge in [-0.3, -0.25) is 14.4 Å². The van der Waals surface area contributed by atoms with Crippen molar-refractivity contribution in [2.24, 2.45) is 0 Å². The fourth-order valence-corrected chi connectivity index (χ4v) is 2.46. The number of aromatic nitrogens is 1. The highest BCUT2D eigenvalue weighted by atomic mass is 16.4. The van der Waals surface area contributed by atoms with Gasteiger partial charge in [-0.2, -0.15) is 0 Å². The summed E-state index contributed by atoms with van der Waals surface area (Å²) in [6, 6.07) is 8.29. The van der Waals surface area contributed by atoms with Crippen LogP contribution in [0.2, 0.25) is 0 Å². The van der Waals surface area contributed by atoms with Crippen molar-refractivity contribution in [3.8, 4) is 0 Å². The molecular weight excluding hydrogens is 320 g/mol. The van der Waals surface area contributed by atoms with Crippen molar-refractivity contribution in [1.82, 2.24) is 10.3 Å². The molecule has 25 heavy (non-hydrogen) atoms. The third-order valence-electron chi connectivity index (χ3n) is 3.87. The molecule has 6 heteroatoms. The predicted molar refractivity (Wildman–Crippen MR) is 93.7 cm³/mol. The van der Waals surface area contributed by atoms with E-state index in [4.69, 9.17) is 5.11 Å². The summed E-state index contributed by atoms with van der Waals surface area (Å²) in [6.45, 7) is 0.552. The van der Waals surface area contributed by atoms with Gasteiger partial charge in [-0.25, -0.2) is 0 Å². The first-order valence-corrected chi connectivity index (χ1v) is 8.35. The van der Waals surface area contributed by atoms with Gasteiger partial charge < -0.3 is 15.4 Å². The second-order valence-electron chi connectivity index (χ2n) is 5.82. The number of amides is 1. The summed E-state index contributed by atoms with van der Waals surface area (Å²) in [5.41, 5.74) is 1.63. The van der Waals surface area contributed by atoms with Crippen LogP contribution in [0.15, 0.2) is 42.7 Å². The lowest BCUT2D eigenvalue weighted by Crippen LogP contribution is -2.24. The largest absolute Gasteiger partial charge is 0.481 e. The van der Waals surface area contributed by atoms with Gasteiger partial charge in [0, 0.05) is 42.0 Å². The highest BCUT2D eigenvalue weighted by Crippen LogP contribution is 2.11. The number of aliphatic carboxylic acids is 1. The van der Waals surface area contributed by atoms with Crippen LogP contribution in [0.5, 0.6) is 0 Å². The van der Waals surface area contributed by atoms with Gasteiger partial charge in [0.15, 0.2) is 5.78 Å². The zero-order chi connectivity index (χ0) is 18.1. The zero-order valence-corrected chi connectivity index (χ0v) is 14.0. The molecule has 0 radical (unpaired) electrons. The number of carbonyl (C=O) groups is 3. The number of hydrogen-bond acceptors (Lipinski definition) is 3. The molecule has 1 amide bonds. The number of ketones is 1. The number of benzene rings is 1. The molecule has 0 saturated heterocycles. The number of nitrogens with one attached hydrogen (secondary N) is 2. The van der Waals surface area contributed by atoms with E-state index in [2.05, 4.69) is 10.3 Å². The fourth-order valence-electron chi connectivity index (χ4n) is 2.46. The van der Waals surface area contributed by atoms with Crippen LogP contribution in [-0.2, 0) is 4.79 Å². The van der Waals surface area contributed by atoms with Crippen molar-refractivity contribution in [1.29, 1.82) is 0 Å². The van der Waals surface area contributed by atoms with E-state index in [0.29, 0.717) is 29.7 Å². The molecule has 0 fully saturated rings. The first-order valence-electron chi connectivity index (χ1n) is 8.35. The summed E-state index contributed by atoms with van der Waals surface area (Å²) in [5.74, 6) is -1.03. The molecule has 0 aliphatic rings. The van der Waals surface area contributed by atoms with Gasteiger partial charge in [0.2, 0.25) is 0 Å². The smallest absolute Gasteiger partial charge is 0.303 e. The standard InChI is InChI=1S/C19H22N2O4/c22-17(23)5-3-1-2-4-11-21-19(25)15-8-6-14(7-9-15)18(24)16-10-12-20-13-16/h6-10,12-13,20H,1-5,11H2,(H,21,25)(H,22,23). The van der Waals surface area contributed by atoms with Crippen molar-refractivity contribution in [2.45, 2.75) is 32.1 Å². The second-order valence-corrected chi connectivity index (χ2v) is 5.82. The first-order chi connectivity index (χ1) is 12.1. The number of carboxylic acids is 1. The third kappa shape index (κ3) is 5.91. The number of carboxylic acid groups (broad SMARTS) is 1. The van der Waals surface area contributed by atoms with Crippen molar-refractivity contribution in [2.75, 3.05) is 6.54 Å². The van der Waals surface area contributed by atoms with E-state index >= 15 is 0 Å². The van der Waals surface area contributed by atoms with Crippen molar-refractivity contribution >= 4 is 17.7 Å². The van der Waals surface area contributed by atoms with E-state index in [0.717, 1.165) is 19.3 Å². The van der Waals surface area contributed by atoms with Crippen molar-refractivity contribution in [3.05, 3.63) is 59.4 Å². The van der Waals surface area contributed by atoms with Crippen molar-refractivity contribution < 1.29 is 19.5 Å². The summed E-state index contributed by atoms with van der Waals surface area (Å²) in [5, 5.41) is 11.4. The van der Waals surface area contributed by atoms with Gasteiger partial charge in [0.1, 0.15) is 0 Å². The number of hydrogen-bond donors (Lipinski definition) is 3. The average Bonchev–Trinajstić information content (AvgIpc) is 3.14. The lowest BCUT2D eigenvalue weighted by molar-refractivity contribution is -0.137. The van der Waals surface area contributed by atoms with E-state index in [-0.39, 0.29) is 18.1 Å². The molecule has 2 aromatic rings. The van der Waals surface area contributed by atoms with E-state index < -0.39 is 5.97 Å². The van der Waals surface area contributed by atoms with Gasteiger partial charge in [0.05, 0.1) is 0 Å². The van der Waals surface area contributed by atoms with Crippen LogP contribution < -0.4 is 5.32 Å².